The van der Waals surface area contributed by atoms with E-state index in [2.05, 4.69) is 22.4 Å². The van der Waals surface area contributed by atoms with Crippen LogP contribution in [0.25, 0.3) is 22.0 Å². The fraction of sp³-hybridized carbons (Fsp3) is 0.250. The summed E-state index contributed by atoms with van der Waals surface area (Å²) in [4.78, 5) is 43.9. The lowest BCUT2D eigenvalue weighted by molar-refractivity contribution is -0.146. The van der Waals surface area contributed by atoms with E-state index in [1.54, 1.807) is 6.92 Å². The number of imide groups is 1. The number of anilines is 1. The molecule has 1 aromatic heterocycles. The van der Waals surface area contributed by atoms with Crippen molar-refractivity contribution in [1.29, 1.82) is 0 Å². The Morgan fingerprint density at radius 3 is 2.45 bits per heavy atom. The van der Waals surface area contributed by atoms with Gasteiger partial charge in [0.2, 0.25) is 17.7 Å². The summed E-state index contributed by atoms with van der Waals surface area (Å²) < 4.78 is 0. The predicted molar refractivity (Wildman–Crippen MR) is 120 cm³/mol. The average Bonchev–Trinajstić information content (AvgIpc) is 3.36. The molecule has 5 rings (SSSR count). The van der Waals surface area contributed by atoms with Crippen molar-refractivity contribution in [3.05, 3.63) is 60.0 Å². The molecule has 0 bridgehead atoms. The number of nitrogens with one attached hydrogen (secondary N) is 1. The zero-order chi connectivity index (χ0) is 21.5. The minimum absolute atomic E-state index is 0.252. The predicted octanol–water partition coefficient (Wildman–Crippen LogP) is 4.24. The molecule has 2 heterocycles. The van der Waals surface area contributed by atoms with Crippen LogP contribution in [0.2, 0.25) is 0 Å². The first-order chi connectivity index (χ1) is 15.0. The summed E-state index contributed by atoms with van der Waals surface area (Å²) in [7, 11) is 0. The highest BCUT2D eigenvalue weighted by Crippen LogP contribution is 2.36. The van der Waals surface area contributed by atoms with Gasteiger partial charge in [-0.15, -0.1) is 11.3 Å². The van der Waals surface area contributed by atoms with Gasteiger partial charge < -0.3 is 5.32 Å². The number of benzene rings is 2. The topological polar surface area (TPSA) is 79.4 Å². The molecule has 1 aliphatic carbocycles. The zero-order valence-corrected chi connectivity index (χ0v) is 17.8. The highest BCUT2D eigenvalue weighted by Gasteiger charge is 2.50. The molecule has 3 aromatic rings. The maximum Gasteiger partial charge on any atom is 0.249 e. The molecule has 1 fully saturated rings. The summed E-state index contributed by atoms with van der Waals surface area (Å²) in [5, 5.41) is 7.38. The Balaban J connectivity index is 1.31. The normalized spacial score (nSPS) is 21.4. The largest absolute Gasteiger partial charge is 0.300 e. The molecule has 31 heavy (non-hydrogen) atoms. The Morgan fingerprint density at radius 1 is 1.06 bits per heavy atom. The van der Waals surface area contributed by atoms with Crippen LogP contribution in [-0.4, -0.2) is 33.6 Å². The summed E-state index contributed by atoms with van der Waals surface area (Å²) in [5.41, 5.74) is 1.73. The van der Waals surface area contributed by atoms with Crippen LogP contribution in [0, 0.1) is 11.8 Å². The van der Waals surface area contributed by atoms with Crippen LogP contribution in [0.15, 0.2) is 60.0 Å². The summed E-state index contributed by atoms with van der Waals surface area (Å²) in [6, 6.07) is 13.3. The number of rotatable bonds is 4. The van der Waals surface area contributed by atoms with Gasteiger partial charge in [-0.05, 0) is 36.6 Å². The van der Waals surface area contributed by atoms with Crippen LogP contribution in [0.3, 0.4) is 0 Å². The smallest absolute Gasteiger partial charge is 0.249 e. The molecular weight excluding hydrogens is 410 g/mol. The van der Waals surface area contributed by atoms with Crippen LogP contribution < -0.4 is 5.32 Å². The average molecular weight is 432 g/mol. The molecule has 1 N–H and O–H groups in total. The first kappa shape index (κ1) is 19.6. The number of amides is 3. The molecule has 2 aliphatic rings. The zero-order valence-electron chi connectivity index (χ0n) is 16.9. The van der Waals surface area contributed by atoms with Crippen molar-refractivity contribution in [1.82, 2.24) is 9.88 Å². The molecule has 2 aromatic carbocycles. The Hall–Kier alpha value is -3.32. The third kappa shape index (κ3) is 3.45. The molecule has 156 valence electrons. The van der Waals surface area contributed by atoms with E-state index < -0.39 is 11.9 Å². The molecule has 0 unspecified atom stereocenters. The Bertz CT molecular complexity index is 1210. The number of thiazole rings is 1. The fourth-order valence-electron chi connectivity index (χ4n) is 4.35. The van der Waals surface area contributed by atoms with Gasteiger partial charge in [0.1, 0.15) is 6.04 Å². The highest BCUT2D eigenvalue weighted by atomic mass is 32.1. The number of carbonyl (C=O) groups is 3. The van der Waals surface area contributed by atoms with Crippen LogP contribution in [0.5, 0.6) is 0 Å². The second-order valence-electron chi connectivity index (χ2n) is 7.97. The van der Waals surface area contributed by atoms with Gasteiger partial charge in [-0.1, -0.05) is 48.6 Å². The summed E-state index contributed by atoms with van der Waals surface area (Å²) in [6.07, 6.45) is 4.98. The van der Waals surface area contributed by atoms with E-state index in [1.165, 1.54) is 11.3 Å². The molecule has 3 amide bonds. The maximum absolute atomic E-state index is 12.8. The van der Waals surface area contributed by atoms with Gasteiger partial charge in [0.05, 0.1) is 17.5 Å². The van der Waals surface area contributed by atoms with Gasteiger partial charge in [-0.25, -0.2) is 4.98 Å². The number of nitrogens with zero attached hydrogens (tertiary/aromatic N) is 2. The van der Waals surface area contributed by atoms with Crippen molar-refractivity contribution in [3.63, 3.8) is 0 Å². The first-order valence-electron chi connectivity index (χ1n) is 10.3. The first-order valence-corrected chi connectivity index (χ1v) is 11.2. The Kier molecular flexibility index (Phi) is 4.90. The standard InChI is InChI=1S/C24H21N3O3S/c1-14(27-22(29)18-8-4-5-9-19(18)23(27)30)21(28)26-24-25-20(13-31-24)17-11-10-15-6-2-3-7-16(15)12-17/h2-7,10-14,18-19H,8-9H2,1H3,(H,25,26,28)/t14-,18+,19+/m0/s1. The lowest BCUT2D eigenvalue weighted by Crippen LogP contribution is -2.46. The number of hydrogen-bond donors (Lipinski definition) is 1. The van der Waals surface area contributed by atoms with E-state index in [1.807, 2.05) is 47.9 Å². The molecule has 3 atom stereocenters. The lowest BCUT2D eigenvalue weighted by atomic mass is 9.85. The van der Waals surface area contributed by atoms with Crippen molar-refractivity contribution in [2.75, 3.05) is 5.32 Å². The quantitative estimate of drug-likeness (QED) is 0.495. The van der Waals surface area contributed by atoms with Gasteiger partial charge in [0.15, 0.2) is 5.13 Å². The van der Waals surface area contributed by atoms with E-state index in [0.29, 0.717) is 18.0 Å². The molecule has 1 saturated heterocycles. The number of likely N-dealkylation sites (tertiary alicyclic amines) is 1. The second-order valence-corrected chi connectivity index (χ2v) is 8.83. The van der Waals surface area contributed by atoms with Gasteiger partial charge >= 0.3 is 0 Å². The van der Waals surface area contributed by atoms with E-state index in [4.69, 9.17) is 0 Å². The summed E-state index contributed by atoms with van der Waals surface area (Å²) >= 11 is 1.32. The molecule has 6 nitrogen and oxygen atoms in total. The summed E-state index contributed by atoms with van der Waals surface area (Å²) in [5.74, 6) is -1.59. The van der Waals surface area contributed by atoms with Crippen molar-refractivity contribution in [2.24, 2.45) is 11.8 Å². The van der Waals surface area contributed by atoms with Crippen LogP contribution in [0.4, 0.5) is 5.13 Å². The Labute approximate surface area is 183 Å². The minimum atomic E-state index is -0.876. The molecular formula is C24H21N3O3S. The third-order valence-electron chi connectivity index (χ3n) is 6.09. The van der Waals surface area contributed by atoms with Crippen molar-refractivity contribution in [3.8, 4) is 11.3 Å². The minimum Gasteiger partial charge on any atom is -0.300 e. The van der Waals surface area contributed by atoms with Gasteiger partial charge in [0, 0.05) is 10.9 Å². The number of allylic oxidation sites excluding steroid dienone is 2. The van der Waals surface area contributed by atoms with Crippen LogP contribution in [0.1, 0.15) is 19.8 Å². The van der Waals surface area contributed by atoms with Gasteiger partial charge in [-0.2, -0.15) is 0 Å². The maximum atomic E-state index is 12.8. The molecule has 0 radical (unpaired) electrons. The van der Waals surface area contributed by atoms with E-state index in [9.17, 15) is 14.4 Å². The SMILES string of the molecule is C[C@@H](C(=O)Nc1nc(-c2ccc3ccccc3c2)cs1)N1C(=O)[C@@H]2CC=CC[C@H]2C1=O. The van der Waals surface area contributed by atoms with Crippen molar-refractivity contribution < 1.29 is 14.4 Å². The number of carbonyl (C=O) groups excluding carboxylic acids is 3. The molecule has 0 saturated carbocycles. The van der Waals surface area contributed by atoms with E-state index in [-0.39, 0.29) is 23.7 Å². The third-order valence-corrected chi connectivity index (χ3v) is 6.85. The number of fused-ring (bicyclic) bond motifs is 2. The fourth-order valence-corrected chi connectivity index (χ4v) is 5.07. The van der Waals surface area contributed by atoms with Crippen LogP contribution in [-0.2, 0) is 14.4 Å². The van der Waals surface area contributed by atoms with Gasteiger partial charge in [0.25, 0.3) is 0 Å². The highest BCUT2D eigenvalue weighted by molar-refractivity contribution is 7.14. The second kappa shape index (κ2) is 7.74. The van der Waals surface area contributed by atoms with Crippen molar-refractivity contribution >= 4 is 45.0 Å². The van der Waals surface area contributed by atoms with E-state index >= 15 is 0 Å². The van der Waals surface area contributed by atoms with Crippen LogP contribution >= 0.6 is 11.3 Å². The van der Waals surface area contributed by atoms with Gasteiger partial charge in [-0.3, -0.25) is 19.3 Å². The Morgan fingerprint density at radius 2 is 1.74 bits per heavy atom. The molecule has 0 spiro atoms. The molecule has 1 aliphatic heterocycles. The number of aromatic nitrogens is 1. The summed E-state index contributed by atoms with van der Waals surface area (Å²) in [6.45, 7) is 1.59. The van der Waals surface area contributed by atoms with Crippen molar-refractivity contribution in [2.45, 2.75) is 25.8 Å². The lowest BCUT2D eigenvalue weighted by Gasteiger charge is -2.21. The number of hydrogen-bond acceptors (Lipinski definition) is 5. The van der Waals surface area contributed by atoms with E-state index in [0.717, 1.165) is 26.9 Å². The monoisotopic (exact) mass is 431 g/mol. The molecule has 7 heteroatoms.